The highest BCUT2D eigenvalue weighted by Gasteiger charge is 2.23. The standard InChI is InChI=1S/C23H23NO6/c1-5-6-7-14-12(2)18(29-4)11-9-16(14)24-22(27)19-20(26)15-8-10-17(25)13(3)21(15)30-23(19)28/h6-11,25-26H,5H2,1-4H3,(H,24,27)/b7-6+. The third kappa shape index (κ3) is 3.61. The van der Waals surface area contributed by atoms with Crippen molar-refractivity contribution in [2.24, 2.45) is 0 Å². The van der Waals surface area contributed by atoms with Gasteiger partial charge in [-0.25, -0.2) is 4.79 Å². The zero-order valence-corrected chi connectivity index (χ0v) is 17.2. The van der Waals surface area contributed by atoms with E-state index >= 15 is 0 Å². The number of benzene rings is 2. The highest BCUT2D eigenvalue weighted by Crippen LogP contribution is 2.34. The van der Waals surface area contributed by atoms with E-state index in [9.17, 15) is 19.8 Å². The maximum absolute atomic E-state index is 12.9. The summed E-state index contributed by atoms with van der Waals surface area (Å²) in [5.41, 5.74) is 0.832. The van der Waals surface area contributed by atoms with E-state index in [1.54, 1.807) is 26.2 Å². The quantitative estimate of drug-likeness (QED) is 0.535. The molecule has 0 radical (unpaired) electrons. The Morgan fingerprint density at radius 1 is 1.17 bits per heavy atom. The van der Waals surface area contributed by atoms with Gasteiger partial charge in [0.1, 0.15) is 22.8 Å². The van der Waals surface area contributed by atoms with Gasteiger partial charge in [-0.1, -0.05) is 19.1 Å². The van der Waals surface area contributed by atoms with E-state index in [1.807, 2.05) is 26.0 Å². The average molecular weight is 409 g/mol. The molecule has 3 rings (SSSR count). The molecular formula is C23H23NO6. The number of carbonyl (C=O) groups is 1. The van der Waals surface area contributed by atoms with Gasteiger partial charge in [0.05, 0.1) is 12.5 Å². The summed E-state index contributed by atoms with van der Waals surface area (Å²) in [5, 5.41) is 23.3. The maximum atomic E-state index is 12.9. The Labute approximate surface area is 173 Å². The lowest BCUT2D eigenvalue weighted by Gasteiger charge is -2.15. The molecule has 3 aromatic rings. The summed E-state index contributed by atoms with van der Waals surface area (Å²) in [5.74, 6) is -0.724. The minimum absolute atomic E-state index is 0.0286. The van der Waals surface area contributed by atoms with Gasteiger partial charge in [0.25, 0.3) is 5.91 Å². The van der Waals surface area contributed by atoms with Gasteiger partial charge in [-0.3, -0.25) is 4.79 Å². The molecule has 7 nitrogen and oxygen atoms in total. The fourth-order valence-corrected chi connectivity index (χ4v) is 3.25. The summed E-state index contributed by atoms with van der Waals surface area (Å²) in [6.07, 6.45) is 4.60. The van der Waals surface area contributed by atoms with Crippen LogP contribution in [0.1, 0.15) is 40.4 Å². The number of ether oxygens (including phenoxy) is 1. The van der Waals surface area contributed by atoms with Gasteiger partial charge in [0.15, 0.2) is 5.56 Å². The van der Waals surface area contributed by atoms with E-state index in [0.29, 0.717) is 17.0 Å². The van der Waals surface area contributed by atoms with E-state index in [-0.39, 0.29) is 16.7 Å². The number of allylic oxidation sites excluding steroid dienone is 1. The van der Waals surface area contributed by atoms with Crippen LogP contribution in [0.25, 0.3) is 17.0 Å². The van der Waals surface area contributed by atoms with Crippen molar-refractivity contribution in [3.8, 4) is 17.2 Å². The fourth-order valence-electron chi connectivity index (χ4n) is 3.25. The fraction of sp³-hybridized carbons (Fsp3) is 0.217. The number of fused-ring (bicyclic) bond motifs is 1. The number of amides is 1. The van der Waals surface area contributed by atoms with Crippen LogP contribution in [0.4, 0.5) is 5.69 Å². The number of anilines is 1. The molecule has 30 heavy (non-hydrogen) atoms. The molecule has 0 aliphatic rings. The molecule has 1 aromatic heterocycles. The van der Waals surface area contributed by atoms with Crippen LogP contribution < -0.4 is 15.7 Å². The third-order valence-electron chi connectivity index (χ3n) is 4.95. The van der Waals surface area contributed by atoms with Crippen molar-refractivity contribution < 1.29 is 24.2 Å². The molecule has 2 aromatic carbocycles. The summed E-state index contributed by atoms with van der Waals surface area (Å²) in [7, 11) is 1.56. The van der Waals surface area contributed by atoms with Crippen molar-refractivity contribution in [3.05, 3.63) is 63.0 Å². The van der Waals surface area contributed by atoms with Gasteiger partial charge in [0.2, 0.25) is 0 Å². The van der Waals surface area contributed by atoms with E-state index in [1.165, 1.54) is 12.1 Å². The van der Waals surface area contributed by atoms with Gasteiger partial charge in [-0.05, 0) is 44.5 Å². The summed E-state index contributed by atoms with van der Waals surface area (Å²) < 4.78 is 10.6. The predicted octanol–water partition coefficient (Wildman–Crippen LogP) is 4.51. The van der Waals surface area contributed by atoms with Gasteiger partial charge in [-0.15, -0.1) is 0 Å². The molecule has 0 spiro atoms. The van der Waals surface area contributed by atoms with Crippen LogP contribution in [0.5, 0.6) is 17.2 Å². The first-order valence-electron chi connectivity index (χ1n) is 9.43. The van der Waals surface area contributed by atoms with Gasteiger partial charge in [0, 0.05) is 22.4 Å². The second-order valence-corrected chi connectivity index (χ2v) is 6.82. The molecule has 3 N–H and O–H groups in total. The summed E-state index contributed by atoms with van der Waals surface area (Å²) in [4.78, 5) is 25.4. The number of phenolic OH excluding ortho intramolecular Hbond substituents is 1. The highest BCUT2D eigenvalue weighted by molar-refractivity contribution is 6.09. The molecule has 0 bridgehead atoms. The lowest BCUT2D eigenvalue weighted by Crippen LogP contribution is -2.21. The van der Waals surface area contributed by atoms with E-state index in [2.05, 4.69) is 5.32 Å². The Hall–Kier alpha value is -3.74. The Morgan fingerprint density at radius 2 is 1.90 bits per heavy atom. The van der Waals surface area contributed by atoms with Crippen molar-refractivity contribution in [2.45, 2.75) is 27.2 Å². The second-order valence-electron chi connectivity index (χ2n) is 6.82. The number of carbonyl (C=O) groups excluding carboxylic acids is 1. The molecule has 1 amide bonds. The van der Waals surface area contributed by atoms with Gasteiger partial charge >= 0.3 is 5.63 Å². The number of nitrogens with one attached hydrogen (secondary N) is 1. The van der Waals surface area contributed by atoms with Crippen LogP contribution in [0, 0.1) is 13.8 Å². The van der Waals surface area contributed by atoms with Crippen molar-refractivity contribution in [2.75, 3.05) is 12.4 Å². The lowest BCUT2D eigenvalue weighted by atomic mass is 10.0. The molecule has 0 fully saturated rings. The van der Waals surface area contributed by atoms with Crippen LogP contribution in [0.15, 0.2) is 39.6 Å². The van der Waals surface area contributed by atoms with Gasteiger partial charge in [-0.2, -0.15) is 0 Å². The van der Waals surface area contributed by atoms with E-state index < -0.39 is 22.8 Å². The molecular weight excluding hydrogens is 386 g/mol. The van der Waals surface area contributed by atoms with E-state index in [0.717, 1.165) is 17.5 Å². The van der Waals surface area contributed by atoms with Crippen molar-refractivity contribution in [1.29, 1.82) is 0 Å². The zero-order valence-electron chi connectivity index (χ0n) is 17.2. The molecule has 0 atom stereocenters. The molecule has 7 heteroatoms. The maximum Gasteiger partial charge on any atom is 0.353 e. The highest BCUT2D eigenvalue weighted by atomic mass is 16.5. The van der Waals surface area contributed by atoms with Crippen LogP contribution in [0.3, 0.4) is 0 Å². The van der Waals surface area contributed by atoms with Gasteiger partial charge < -0.3 is 24.7 Å². The molecule has 156 valence electrons. The van der Waals surface area contributed by atoms with E-state index in [4.69, 9.17) is 9.15 Å². The van der Waals surface area contributed by atoms with Crippen molar-refractivity contribution in [1.82, 2.24) is 0 Å². The summed E-state index contributed by atoms with van der Waals surface area (Å²) in [6.45, 7) is 5.40. The monoisotopic (exact) mass is 409 g/mol. The molecule has 1 heterocycles. The predicted molar refractivity (Wildman–Crippen MR) is 116 cm³/mol. The van der Waals surface area contributed by atoms with Crippen LogP contribution in [0.2, 0.25) is 0 Å². The molecule has 0 saturated carbocycles. The number of hydrogen-bond acceptors (Lipinski definition) is 6. The average Bonchev–Trinajstić information content (AvgIpc) is 2.71. The molecule has 0 aliphatic carbocycles. The minimum Gasteiger partial charge on any atom is -0.508 e. The topological polar surface area (TPSA) is 109 Å². The first kappa shape index (κ1) is 21.0. The zero-order chi connectivity index (χ0) is 22.0. The number of phenols is 1. The lowest BCUT2D eigenvalue weighted by molar-refractivity contribution is 0.102. The number of aryl methyl sites for hydroxylation is 1. The Kier molecular flexibility index (Phi) is 5.82. The molecule has 0 unspecified atom stereocenters. The first-order valence-corrected chi connectivity index (χ1v) is 9.43. The Bertz CT molecular complexity index is 1220. The number of methoxy groups -OCH3 is 1. The van der Waals surface area contributed by atoms with Crippen LogP contribution >= 0.6 is 0 Å². The molecule has 0 saturated heterocycles. The first-order chi connectivity index (χ1) is 14.3. The number of rotatable bonds is 5. The summed E-state index contributed by atoms with van der Waals surface area (Å²) in [6, 6.07) is 6.13. The summed E-state index contributed by atoms with van der Waals surface area (Å²) >= 11 is 0. The number of aromatic hydroxyl groups is 2. The minimum atomic E-state index is -0.998. The van der Waals surface area contributed by atoms with Crippen LogP contribution in [-0.4, -0.2) is 23.2 Å². The SMILES string of the molecule is CC/C=C/c1c(NC(=O)c2c(O)c3ccc(O)c(C)c3oc2=O)ccc(OC)c1C. The Morgan fingerprint density at radius 3 is 2.57 bits per heavy atom. The number of hydrogen-bond donors (Lipinski definition) is 3. The molecule has 0 aliphatic heterocycles. The van der Waals surface area contributed by atoms with Crippen molar-refractivity contribution >= 4 is 28.6 Å². The Balaban J connectivity index is 2.10. The smallest absolute Gasteiger partial charge is 0.353 e. The largest absolute Gasteiger partial charge is 0.508 e. The van der Waals surface area contributed by atoms with Crippen LogP contribution in [-0.2, 0) is 0 Å². The normalized spacial score (nSPS) is 11.2. The van der Waals surface area contributed by atoms with Crippen molar-refractivity contribution in [3.63, 3.8) is 0 Å². The third-order valence-corrected chi connectivity index (χ3v) is 4.95. The second kappa shape index (κ2) is 8.32.